The van der Waals surface area contributed by atoms with E-state index >= 15 is 0 Å². The van der Waals surface area contributed by atoms with Crippen LogP contribution < -0.4 is 10.1 Å². The zero-order chi connectivity index (χ0) is 21.8. The molecular weight excluding hydrogens is 427 g/mol. The number of nitrogens with one attached hydrogen (secondary N) is 1. The SMILES string of the molecule is Cc1ccc([C@H]2Oc3ccc(Cl)cc3C3=C2[C@@H](c2ccc(F)cc2)n2ncnc2N3)cc1. The number of hydrogen-bond donors (Lipinski definition) is 1. The van der Waals surface area contributed by atoms with Gasteiger partial charge < -0.3 is 10.1 Å². The zero-order valence-electron chi connectivity index (χ0n) is 17.1. The van der Waals surface area contributed by atoms with Gasteiger partial charge in [0.05, 0.1) is 5.70 Å². The van der Waals surface area contributed by atoms with Crippen LogP contribution >= 0.6 is 11.6 Å². The van der Waals surface area contributed by atoms with E-state index in [-0.39, 0.29) is 18.0 Å². The third-order valence-electron chi connectivity index (χ3n) is 5.94. The minimum absolute atomic E-state index is 0.289. The van der Waals surface area contributed by atoms with Crippen molar-refractivity contribution >= 4 is 23.2 Å². The largest absolute Gasteiger partial charge is 0.480 e. The molecule has 5 nitrogen and oxygen atoms in total. The molecule has 0 saturated carbocycles. The van der Waals surface area contributed by atoms with Crippen molar-refractivity contribution in [2.45, 2.75) is 19.1 Å². The number of aryl methyl sites for hydroxylation is 1. The topological polar surface area (TPSA) is 52.0 Å². The van der Waals surface area contributed by atoms with Crippen LogP contribution in [0, 0.1) is 12.7 Å². The highest BCUT2D eigenvalue weighted by Crippen LogP contribution is 2.51. The number of ether oxygens (including phenoxy) is 1. The van der Waals surface area contributed by atoms with Gasteiger partial charge in [-0.1, -0.05) is 53.6 Å². The van der Waals surface area contributed by atoms with E-state index < -0.39 is 0 Å². The lowest BCUT2D eigenvalue weighted by Gasteiger charge is -2.39. The highest BCUT2D eigenvalue weighted by atomic mass is 35.5. The predicted molar refractivity (Wildman–Crippen MR) is 121 cm³/mol. The second-order valence-electron chi connectivity index (χ2n) is 7.99. The summed E-state index contributed by atoms with van der Waals surface area (Å²) in [7, 11) is 0. The molecule has 0 unspecified atom stereocenters. The van der Waals surface area contributed by atoms with Gasteiger partial charge in [0.1, 0.15) is 30.0 Å². The molecule has 4 aromatic rings. The average Bonchev–Trinajstić information content (AvgIpc) is 3.27. The van der Waals surface area contributed by atoms with Gasteiger partial charge in [-0.25, -0.2) is 9.07 Å². The Kier molecular flexibility index (Phi) is 4.30. The van der Waals surface area contributed by atoms with E-state index in [1.165, 1.54) is 24.0 Å². The van der Waals surface area contributed by atoms with Gasteiger partial charge in [0.2, 0.25) is 5.95 Å². The van der Waals surface area contributed by atoms with E-state index in [4.69, 9.17) is 16.3 Å². The molecule has 7 heteroatoms. The number of aromatic nitrogens is 3. The average molecular weight is 445 g/mol. The zero-order valence-corrected chi connectivity index (χ0v) is 17.8. The van der Waals surface area contributed by atoms with Crippen LogP contribution in [0.5, 0.6) is 5.75 Å². The highest BCUT2D eigenvalue weighted by molar-refractivity contribution is 6.30. The third-order valence-corrected chi connectivity index (χ3v) is 6.18. The van der Waals surface area contributed by atoms with Crippen LogP contribution in [-0.4, -0.2) is 14.8 Å². The first kappa shape index (κ1) is 19.1. The Labute approximate surface area is 189 Å². The van der Waals surface area contributed by atoms with Crippen LogP contribution in [-0.2, 0) is 0 Å². The van der Waals surface area contributed by atoms with E-state index in [0.717, 1.165) is 33.7 Å². The summed E-state index contributed by atoms with van der Waals surface area (Å²) in [6, 6.07) is 20.0. The Morgan fingerprint density at radius 1 is 1.00 bits per heavy atom. The lowest BCUT2D eigenvalue weighted by molar-refractivity contribution is 0.223. The molecule has 3 aromatic carbocycles. The molecule has 0 radical (unpaired) electrons. The maximum absolute atomic E-state index is 13.7. The molecule has 1 N–H and O–H groups in total. The summed E-state index contributed by atoms with van der Waals surface area (Å²) in [6.45, 7) is 2.05. The number of hydrogen-bond acceptors (Lipinski definition) is 4. The fraction of sp³-hybridized carbons (Fsp3) is 0.120. The van der Waals surface area contributed by atoms with Crippen LogP contribution in [0.1, 0.15) is 34.4 Å². The lowest BCUT2D eigenvalue weighted by atomic mass is 9.84. The summed E-state index contributed by atoms with van der Waals surface area (Å²) >= 11 is 6.35. The fourth-order valence-corrected chi connectivity index (χ4v) is 4.60. The second kappa shape index (κ2) is 7.21. The first-order valence-corrected chi connectivity index (χ1v) is 10.7. The second-order valence-corrected chi connectivity index (χ2v) is 8.42. The van der Waals surface area contributed by atoms with E-state index in [1.54, 1.807) is 12.1 Å². The van der Waals surface area contributed by atoms with Crippen molar-refractivity contribution in [3.8, 4) is 5.75 Å². The van der Waals surface area contributed by atoms with Crippen molar-refractivity contribution in [1.82, 2.24) is 14.8 Å². The van der Waals surface area contributed by atoms with E-state index in [0.29, 0.717) is 11.0 Å². The van der Waals surface area contributed by atoms with Crippen molar-refractivity contribution in [3.05, 3.63) is 112 Å². The molecule has 0 amide bonds. The predicted octanol–water partition coefficient (Wildman–Crippen LogP) is 5.94. The molecule has 2 atom stereocenters. The van der Waals surface area contributed by atoms with E-state index in [1.807, 2.05) is 22.9 Å². The number of rotatable bonds is 2. The number of nitrogens with zero attached hydrogens (tertiary/aromatic N) is 3. The van der Waals surface area contributed by atoms with Crippen LogP contribution in [0.2, 0.25) is 5.02 Å². The molecule has 2 aliphatic heterocycles. The molecule has 1 aromatic heterocycles. The molecule has 32 heavy (non-hydrogen) atoms. The smallest absolute Gasteiger partial charge is 0.226 e. The standard InChI is InChI=1S/C25H18ClFN4O/c1-14-2-4-16(5-3-14)24-21-22(19-12-17(26)8-11-20(19)32-24)30-25-28-13-29-31(25)23(21)15-6-9-18(27)10-7-15/h2-13,23-24H,1H3,(H,28,29,30)/t23-,24-/m1/s1. The molecule has 0 saturated heterocycles. The summed E-state index contributed by atoms with van der Waals surface area (Å²) in [5, 5.41) is 8.53. The maximum Gasteiger partial charge on any atom is 0.226 e. The molecule has 0 aliphatic carbocycles. The van der Waals surface area contributed by atoms with Crippen LogP contribution in [0.3, 0.4) is 0 Å². The Bertz CT molecular complexity index is 1360. The van der Waals surface area contributed by atoms with Crippen molar-refractivity contribution in [1.29, 1.82) is 0 Å². The summed E-state index contributed by atoms with van der Waals surface area (Å²) in [5.41, 5.74) is 5.78. The van der Waals surface area contributed by atoms with Crippen LogP contribution in [0.25, 0.3) is 5.70 Å². The molecule has 2 aliphatic rings. The Morgan fingerprint density at radius 2 is 1.75 bits per heavy atom. The van der Waals surface area contributed by atoms with Gasteiger partial charge in [-0.3, -0.25) is 0 Å². The Morgan fingerprint density at radius 3 is 2.53 bits per heavy atom. The summed E-state index contributed by atoms with van der Waals surface area (Å²) in [6.07, 6.45) is 1.14. The maximum atomic E-state index is 13.7. The number of halogens is 2. The molecule has 0 bridgehead atoms. The minimum atomic E-state index is -0.376. The normalized spacial score (nSPS) is 18.8. The molecule has 6 rings (SSSR count). The van der Waals surface area contributed by atoms with Gasteiger partial charge in [-0.2, -0.15) is 10.1 Å². The van der Waals surface area contributed by atoms with Gasteiger partial charge in [0, 0.05) is 16.2 Å². The van der Waals surface area contributed by atoms with E-state index in [2.05, 4.69) is 46.6 Å². The summed E-state index contributed by atoms with van der Waals surface area (Å²) in [5.74, 6) is 1.05. The molecular formula is C25H18ClFN4O. The number of anilines is 1. The first-order chi connectivity index (χ1) is 15.6. The van der Waals surface area contributed by atoms with Crippen LogP contribution in [0.15, 0.2) is 78.6 Å². The fourth-order valence-electron chi connectivity index (χ4n) is 4.42. The summed E-state index contributed by atoms with van der Waals surface area (Å²) < 4.78 is 22.1. The van der Waals surface area contributed by atoms with Gasteiger partial charge in [-0.05, 0) is 48.4 Å². The van der Waals surface area contributed by atoms with Crippen molar-refractivity contribution in [2.24, 2.45) is 0 Å². The third kappa shape index (κ3) is 2.99. The van der Waals surface area contributed by atoms with Crippen molar-refractivity contribution < 1.29 is 9.13 Å². The molecule has 158 valence electrons. The number of fused-ring (bicyclic) bond motifs is 3. The monoisotopic (exact) mass is 444 g/mol. The first-order valence-electron chi connectivity index (χ1n) is 10.3. The summed E-state index contributed by atoms with van der Waals surface area (Å²) in [4.78, 5) is 4.40. The Balaban J connectivity index is 1.63. The Hall–Kier alpha value is -3.64. The van der Waals surface area contributed by atoms with Gasteiger partial charge in [-0.15, -0.1) is 0 Å². The molecule has 3 heterocycles. The van der Waals surface area contributed by atoms with Crippen molar-refractivity contribution in [3.63, 3.8) is 0 Å². The van der Waals surface area contributed by atoms with Gasteiger partial charge >= 0.3 is 0 Å². The molecule has 0 fully saturated rings. The van der Waals surface area contributed by atoms with Gasteiger partial charge in [0.25, 0.3) is 0 Å². The van der Waals surface area contributed by atoms with Crippen molar-refractivity contribution in [2.75, 3.05) is 5.32 Å². The quantitative estimate of drug-likeness (QED) is 0.415. The lowest BCUT2D eigenvalue weighted by Crippen LogP contribution is -2.32. The van der Waals surface area contributed by atoms with E-state index in [9.17, 15) is 4.39 Å². The number of benzene rings is 3. The van der Waals surface area contributed by atoms with Gasteiger partial charge in [0.15, 0.2) is 0 Å². The highest BCUT2D eigenvalue weighted by Gasteiger charge is 2.41. The van der Waals surface area contributed by atoms with Crippen LogP contribution in [0.4, 0.5) is 10.3 Å². The minimum Gasteiger partial charge on any atom is -0.480 e. The molecule has 0 spiro atoms.